The third-order valence-electron chi connectivity index (χ3n) is 4.80. The van der Waals surface area contributed by atoms with Gasteiger partial charge in [0, 0.05) is 5.54 Å². The summed E-state index contributed by atoms with van der Waals surface area (Å²) in [6.07, 6.45) is 2.31. The van der Waals surface area contributed by atoms with Gasteiger partial charge in [-0.3, -0.25) is 4.90 Å². The van der Waals surface area contributed by atoms with Gasteiger partial charge < -0.3 is 5.32 Å². The van der Waals surface area contributed by atoms with Gasteiger partial charge in [0.25, 0.3) is 0 Å². The third kappa shape index (κ3) is 4.31. The summed E-state index contributed by atoms with van der Waals surface area (Å²) in [5, 5.41) is 3.81. The Morgan fingerprint density at radius 2 is 1.81 bits per heavy atom. The number of benzene rings is 1. The van der Waals surface area contributed by atoms with Crippen molar-refractivity contribution in [1.82, 2.24) is 10.2 Å². The highest BCUT2D eigenvalue weighted by molar-refractivity contribution is 5.28. The molecule has 0 spiro atoms. The smallest absolute Gasteiger partial charge is 0.0504 e. The third-order valence-corrected chi connectivity index (χ3v) is 4.80. The SMILES string of the molecule is CCCNC(c1cccc(C)c1)C(C)(CC)N(CC)CC. The first kappa shape index (κ1) is 18.2. The number of hydrogen-bond donors (Lipinski definition) is 1. The Bertz CT molecular complexity index is 412. The molecule has 0 saturated heterocycles. The maximum atomic E-state index is 3.81. The molecule has 0 aliphatic rings. The number of nitrogens with zero attached hydrogens (tertiary/aromatic N) is 1. The summed E-state index contributed by atoms with van der Waals surface area (Å²) in [6, 6.07) is 9.36. The molecule has 0 bridgehead atoms. The van der Waals surface area contributed by atoms with E-state index in [-0.39, 0.29) is 5.54 Å². The number of hydrogen-bond acceptors (Lipinski definition) is 2. The van der Waals surface area contributed by atoms with Crippen LogP contribution in [-0.4, -0.2) is 30.1 Å². The quantitative estimate of drug-likeness (QED) is 0.718. The summed E-state index contributed by atoms with van der Waals surface area (Å²) in [7, 11) is 0. The van der Waals surface area contributed by atoms with E-state index in [2.05, 4.69) is 76.0 Å². The van der Waals surface area contributed by atoms with Crippen molar-refractivity contribution in [3.63, 3.8) is 0 Å². The lowest BCUT2D eigenvalue weighted by Gasteiger charge is -2.46. The largest absolute Gasteiger partial charge is 0.308 e. The first-order valence-electron chi connectivity index (χ1n) is 8.58. The second-order valence-electron chi connectivity index (χ2n) is 6.18. The second-order valence-corrected chi connectivity index (χ2v) is 6.18. The number of aryl methyl sites for hydroxylation is 1. The summed E-state index contributed by atoms with van der Waals surface area (Å²) < 4.78 is 0. The van der Waals surface area contributed by atoms with Crippen LogP contribution in [0, 0.1) is 6.92 Å². The van der Waals surface area contributed by atoms with Crippen molar-refractivity contribution < 1.29 is 0 Å². The lowest BCUT2D eigenvalue weighted by Crippen LogP contribution is -2.54. The van der Waals surface area contributed by atoms with Gasteiger partial charge in [0.05, 0.1) is 6.04 Å². The van der Waals surface area contributed by atoms with E-state index in [9.17, 15) is 0 Å². The lowest BCUT2D eigenvalue weighted by molar-refractivity contribution is 0.0698. The van der Waals surface area contributed by atoms with Crippen LogP contribution in [0.25, 0.3) is 0 Å². The molecule has 0 heterocycles. The highest BCUT2D eigenvalue weighted by Gasteiger charge is 2.37. The van der Waals surface area contributed by atoms with Gasteiger partial charge in [-0.05, 0) is 51.9 Å². The van der Waals surface area contributed by atoms with Gasteiger partial charge in [-0.1, -0.05) is 57.5 Å². The van der Waals surface area contributed by atoms with E-state index in [1.807, 2.05) is 0 Å². The number of likely N-dealkylation sites (N-methyl/N-ethyl adjacent to an activating group) is 1. The molecule has 1 aromatic carbocycles. The zero-order chi connectivity index (χ0) is 15.9. The van der Waals surface area contributed by atoms with Gasteiger partial charge in [-0.15, -0.1) is 0 Å². The Morgan fingerprint density at radius 3 is 2.29 bits per heavy atom. The molecule has 0 radical (unpaired) electrons. The number of rotatable bonds is 9. The molecule has 0 aliphatic carbocycles. The minimum atomic E-state index is 0.145. The molecule has 0 amide bonds. The second kappa shape index (κ2) is 8.55. The van der Waals surface area contributed by atoms with Gasteiger partial charge >= 0.3 is 0 Å². The van der Waals surface area contributed by atoms with Crippen molar-refractivity contribution in [2.45, 2.75) is 66.0 Å². The molecule has 0 aromatic heterocycles. The molecule has 2 heteroatoms. The molecule has 0 saturated carbocycles. The summed E-state index contributed by atoms with van der Waals surface area (Å²) in [6.45, 7) is 16.9. The standard InChI is InChI=1S/C19H34N2/c1-7-14-20-18(17-13-11-12-16(5)15-17)19(6,8-2)21(9-3)10-4/h11-13,15,18,20H,7-10,14H2,1-6H3. The van der Waals surface area contributed by atoms with Gasteiger partial charge in [0.2, 0.25) is 0 Å². The van der Waals surface area contributed by atoms with E-state index >= 15 is 0 Å². The van der Waals surface area contributed by atoms with Crippen LogP contribution in [0.15, 0.2) is 24.3 Å². The van der Waals surface area contributed by atoms with Gasteiger partial charge in [0.15, 0.2) is 0 Å². The van der Waals surface area contributed by atoms with Crippen molar-refractivity contribution in [2.24, 2.45) is 0 Å². The topological polar surface area (TPSA) is 15.3 Å². The highest BCUT2D eigenvalue weighted by atomic mass is 15.2. The van der Waals surface area contributed by atoms with Crippen molar-refractivity contribution in [3.05, 3.63) is 35.4 Å². The molecular weight excluding hydrogens is 256 g/mol. The van der Waals surface area contributed by atoms with E-state index in [1.165, 1.54) is 17.5 Å². The van der Waals surface area contributed by atoms with Gasteiger partial charge in [-0.25, -0.2) is 0 Å². The highest BCUT2D eigenvalue weighted by Crippen LogP contribution is 2.34. The molecule has 0 fully saturated rings. The van der Waals surface area contributed by atoms with Crippen LogP contribution < -0.4 is 5.32 Å². The zero-order valence-electron chi connectivity index (χ0n) is 14.9. The Morgan fingerprint density at radius 1 is 1.14 bits per heavy atom. The summed E-state index contributed by atoms with van der Waals surface area (Å²) in [5.41, 5.74) is 2.90. The normalized spacial score (nSPS) is 16.0. The average Bonchev–Trinajstić information content (AvgIpc) is 2.48. The van der Waals surface area contributed by atoms with E-state index in [0.717, 1.165) is 26.1 Å². The first-order valence-corrected chi connectivity index (χ1v) is 8.58. The van der Waals surface area contributed by atoms with E-state index in [0.29, 0.717) is 6.04 Å². The molecule has 1 N–H and O–H groups in total. The van der Waals surface area contributed by atoms with Crippen LogP contribution >= 0.6 is 0 Å². The Labute approximate surface area is 131 Å². The van der Waals surface area contributed by atoms with Crippen LogP contribution in [0.4, 0.5) is 0 Å². The van der Waals surface area contributed by atoms with E-state index in [4.69, 9.17) is 0 Å². The monoisotopic (exact) mass is 290 g/mol. The van der Waals surface area contributed by atoms with Gasteiger partial charge in [-0.2, -0.15) is 0 Å². The Hall–Kier alpha value is -0.860. The van der Waals surface area contributed by atoms with Crippen molar-refractivity contribution in [3.8, 4) is 0 Å². The molecule has 21 heavy (non-hydrogen) atoms. The predicted molar refractivity (Wildman–Crippen MR) is 93.8 cm³/mol. The molecule has 1 rings (SSSR count). The molecule has 1 aromatic rings. The predicted octanol–water partition coefficient (Wildman–Crippen LogP) is 4.55. The van der Waals surface area contributed by atoms with Crippen LogP contribution in [0.1, 0.15) is 64.6 Å². The first-order chi connectivity index (χ1) is 10.0. The molecule has 2 atom stereocenters. The maximum Gasteiger partial charge on any atom is 0.0504 e. The maximum absolute atomic E-state index is 3.81. The van der Waals surface area contributed by atoms with Crippen molar-refractivity contribution in [2.75, 3.05) is 19.6 Å². The Kier molecular flexibility index (Phi) is 7.41. The molecular formula is C19H34N2. The summed E-state index contributed by atoms with van der Waals surface area (Å²) in [4.78, 5) is 2.60. The number of nitrogens with one attached hydrogen (secondary N) is 1. The fourth-order valence-electron chi connectivity index (χ4n) is 3.39. The zero-order valence-corrected chi connectivity index (χ0v) is 14.9. The van der Waals surface area contributed by atoms with Crippen molar-refractivity contribution >= 4 is 0 Å². The van der Waals surface area contributed by atoms with Gasteiger partial charge in [0.1, 0.15) is 0 Å². The molecule has 2 unspecified atom stereocenters. The molecule has 2 nitrogen and oxygen atoms in total. The summed E-state index contributed by atoms with van der Waals surface area (Å²) in [5.74, 6) is 0. The van der Waals surface area contributed by atoms with E-state index in [1.54, 1.807) is 0 Å². The fourth-order valence-corrected chi connectivity index (χ4v) is 3.39. The summed E-state index contributed by atoms with van der Waals surface area (Å²) >= 11 is 0. The molecule has 0 aliphatic heterocycles. The average molecular weight is 290 g/mol. The van der Waals surface area contributed by atoms with Crippen LogP contribution in [0.3, 0.4) is 0 Å². The van der Waals surface area contributed by atoms with Crippen molar-refractivity contribution in [1.29, 1.82) is 0 Å². The molecule has 120 valence electrons. The minimum absolute atomic E-state index is 0.145. The fraction of sp³-hybridized carbons (Fsp3) is 0.684. The Balaban J connectivity index is 3.20. The minimum Gasteiger partial charge on any atom is -0.308 e. The van der Waals surface area contributed by atoms with E-state index < -0.39 is 0 Å². The lowest BCUT2D eigenvalue weighted by atomic mass is 9.82. The van der Waals surface area contributed by atoms with Crippen LogP contribution in [-0.2, 0) is 0 Å². The van der Waals surface area contributed by atoms with Crippen LogP contribution in [0.5, 0.6) is 0 Å². The van der Waals surface area contributed by atoms with Crippen LogP contribution in [0.2, 0.25) is 0 Å².